The summed E-state index contributed by atoms with van der Waals surface area (Å²) in [7, 11) is 0. The van der Waals surface area contributed by atoms with E-state index in [2.05, 4.69) is 20.7 Å². The van der Waals surface area contributed by atoms with Crippen molar-refractivity contribution >= 4 is 5.91 Å². The number of aliphatic hydroxyl groups is 1. The maximum Gasteiger partial charge on any atom is 0.243 e. The Kier molecular flexibility index (Phi) is 4.93. The maximum absolute atomic E-state index is 12.0. The number of hydrogen-bond donors (Lipinski definition) is 2. The molecule has 0 aliphatic carbocycles. The summed E-state index contributed by atoms with van der Waals surface area (Å²) in [6.07, 6.45) is 0. The number of tetrazole rings is 1. The van der Waals surface area contributed by atoms with Crippen molar-refractivity contribution in [2.24, 2.45) is 0 Å². The fraction of sp³-hybridized carbons (Fsp3) is 0.176. The van der Waals surface area contributed by atoms with Crippen LogP contribution in [0.15, 0.2) is 54.6 Å². The second-order valence-electron chi connectivity index (χ2n) is 5.21. The molecule has 0 atom stereocenters. The number of carbonyl (C=O) groups is 1. The molecule has 1 aromatic heterocycles. The molecule has 0 unspecified atom stereocenters. The van der Waals surface area contributed by atoms with Gasteiger partial charge in [-0.15, -0.1) is 10.2 Å². The smallest absolute Gasteiger partial charge is 0.243 e. The first kappa shape index (κ1) is 15.8. The summed E-state index contributed by atoms with van der Waals surface area (Å²) in [5.41, 5.74) is 2.52. The topological polar surface area (TPSA) is 92.9 Å². The van der Waals surface area contributed by atoms with Crippen molar-refractivity contribution in [3.8, 4) is 11.4 Å². The minimum Gasteiger partial charge on any atom is -0.392 e. The van der Waals surface area contributed by atoms with E-state index in [1.54, 1.807) is 0 Å². The molecule has 122 valence electrons. The molecule has 3 aromatic rings. The first-order valence-electron chi connectivity index (χ1n) is 7.54. The van der Waals surface area contributed by atoms with Crippen molar-refractivity contribution in [2.45, 2.75) is 19.7 Å². The molecular weight excluding hydrogens is 306 g/mol. The van der Waals surface area contributed by atoms with Crippen LogP contribution < -0.4 is 5.32 Å². The molecule has 0 radical (unpaired) electrons. The highest BCUT2D eigenvalue weighted by Crippen LogP contribution is 2.11. The average Bonchev–Trinajstić information content (AvgIpc) is 3.09. The molecular formula is C17H17N5O2. The molecule has 2 N–H and O–H groups in total. The molecule has 0 spiro atoms. The maximum atomic E-state index is 12.0. The van der Waals surface area contributed by atoms with Crippen LogP contribution in [0.1, 0.15) is 11.1 Å². The summed E-state index contributed by atoms with van der Waals surface area (Å²) in [4.78, 5) is 13.3. The fourth-order valence-electron chi connectivity index (χ4n) is 2.28. The van der Waals surface area contributed by atoms with E-state index in [0.717, 1.165) is 16.7 Å². The number of benzene rings is 2. The minimum absolute atomic E-state index is 0.0128. The van der Waals surface area contributed by atoms with Crippen LogP contribution in [0.3, 0.4) is 0 Å². The summed E-state index contributed by atoms with van der Waals surface area (Å²) in [5, 5.41) is 24.1. The minimum atomic E-state index is -0.222. The molecule has 0 aliphatic heterocycles. The Morgan fingerprint density at radius 1 is 1.04 bits per heavy atom. The number of amides is 1. The highest BCUT2D eigenvalue weighted by atomic mass is 16.3. The number of aromatic nitrogens is 4. The lowest BCUT2D eigenvalue weighted by Gasteiger charge is -2.08. The van der Waals surface area contributed by atoms with Crippen LogP contribution in [0.4, 0.5) is 0 Å². The third-order valence-electron chi connectivity index (χ3n) is 3.53. The summed E-state index contributed by atoms with van der Waals surface area (Å²) in [6, 6.07) is 16.9. The van der Waals surface area contributed by atoms with Crippen molar-refractivity contribution < 1.29 is 9.90 Å². The lowest BCUT2D eigenvalue weighted by atomic mass is 10.1. The van der Waals surface area contributed by atoms with Gasteiger partial charge in [0.2, 0.25) is 11.7 Å². The van der Waals surface area contributed by atoms with Gasteiger partial charge in [0.15, 0.2) is 0 Å². The van der Waals surface area contributed by atoms with Crippen molar-refractivity contribution in [1.29, 1.82) is 0 Å². The number of hydrogen-bond acceptors (Lipinski definition) is 5. The zero-order valence-electron chi connectivity index (χ0n) is 13.0. The standard InChI is InChI=1S/C17H17N5O2/c23-12-15-9-5-4-8-14(15)10-18-16(24)11-22-20-17(19-21-22)13-6-2-1-3-7-13/h1-9,23H,10-12H2,(H,18,24). The Labute approximate surface area is 138 Å². The summed E-state index contributed by atoms with van der Waals surface area (Å²) in [6.45, 7) is 0.272. The largest absolute Gasteiger partial charge is 0.392 e. The average molecular weight is 323 g/mol. The van der Waals surface area contributed by atoms with Gasteiger partial charge in [-0.2, -0.15) is 4.80 Å². The van der Waals surface area contributed by atoms with E-state index < -0.39 is 0 Å². The van der Waals surface area contributed by atoms with Crippen molar-refractivity contribution in [3.05, 3.63) is 65.7 Å². The van der Waals surface area contributed by atoms with Gasteiger partial charge in [-0.3, -0.25) is 4.79 Å². The molecule has 0 aliphatic rings. The van der Waals surface area contributed by atoms with Gasteiger partial charge in [-0.1, -0.05) is 54.6 Å². The number of rotatable bonds is 6. The van der Waals surface area contributed by atoms with Gasteiger partial charge in [0.1, 0.15) is 6.54 Å². The molecule has 0 saturated carbocycles. The van der Waals surface area contributed by atoms with E-state index in [4.69, 9.17) is 0 Å². The number of aliphatic hydroxyl groups excluding tert-OH is 1. The number of nitrogens with one attached hydrogen (secondary N) is 1. The van der Waals surface area contributed by atoms with Crippen LogP contribution in [0.2, 0.25) is 0 Å². The van der Waals surface area contributed by atoms with E-state index in [-0.39, 0.29) is 19.1 Å². The molecule has 2 aromatic carbocycles. The molecule has 1 heterocycles. The third-order valence-corrected chi connectivity index (χ3v) is 3.53. The van der Waals surface area contributed by atoms with Gasteiger partial charge in [0.05, 0.1) is 6.61 Å². The van der Waals surface area contributed by atoms with Crippen LogP contribution in [0, 0.1) is 0 Å². The van der Waals surface area contributed by atoms with Crippen LogP contribution in [-0.4, -0.2) is 31.2 Å². The van der Waals surface area contributed by atoms with Crippen molar-refractivity contribution in [3.63, 3.8) is 0 Å². The molecule has 24 heavy (non-hydrogen) atoms. The first-order chi connectivity index (χ1) is 11.8. The molecule has 0 bridgehead atoms. The SMILES string of the molecule is O=C(Cn1nnc(-c2ccccc2)n1)NCc1ccccc1CO. The van der Waals surface area contributed by atoms with Crippen LogP contribution >= 0.6 is 0 Å². The molecule has 7 nitrogen and oxygen atoms in total. The van der Waals surface area contributed by atoms with E-state index in [0.29, 0.717) is 12.4 Å². The zero-order valence-corrected chi connectivity index (χ0v) is 13.0. The van der Waals surface area contributed by atoms with E-state index in [1.165, 1.54) is 4.80 Å². The van der Waals surface area contributed by atoms with Gasteiger partial charge < -0.3 is 10.4 Å². The van der Waals surface area contributed by atoms with Crippen LogP contribution in [0.25, 0.3) is 11.4 Å². The molecule has 1 amide bonds. The predicted octanol–water partition coefficient (Wildman–Crippen LogP) is 1.15. The zero-order chi connectivity index (χ0) is 16.8. The summed E-state index contributed by atoms with van der Waals surface area (Å²) in [5.74, 6) is 0.258. The lowest BCUT2D eigenvalue weighted by Crippen LogP contribution is -2.28. The van der Waals surface area contributed by atoms with E-state index in [9.17, 15) is 9.90 Å². The van der Waals surface area contributed by atoms with Gasteiger partial charge in [-0.25, -0.2) is 0 Å². The van der Waals surface area contributed by atoms with Gasteiger partial charge in [-0.05, 0) is 16.3 Å². The first-order valence-corrected chi connectivity index (χ1v) is 7.54. The quantitative estimate of drug-likeness (QED) is 0.710. The number of carbonyl (C=O) groups excluding carboxylic acids is 1. The highest BCUT2D eigenvalue weighted by molar-refractivity contribution is 5.75. The van der Waals surface area contributed by atoms with Crippen LogP contribution in [-0.2, 0) is 24.5 Å². The second-order valence-corrected chi connectivity index (χ2v) is 5.21. The Morgan fingerprint density at radius 3 is 2.50 bits per heavy atom. The number of nitrogens with zero attached hydrogens (tertiary/aromatic N) is 4. The fourth-order valence-corrected chi connectivity index (χ4v) is 2.28. The lowest BCUT2D eigenvalue weighted by molar-refractivity contribution is -0.122. The molecule has 0 saturated heterocycles. The highest BCUT2D eigenvalue weighted by Gasteiger charge is 2.09. The van der Waals surface area contributed by atoms with E-state index in [1.807, 2.05) is 54.6 Å². The Morgan fingerprint density at radius 2 is 1.75 bits per heavy atom. The van der Waals surface area contributed by atoms with Gasteiger partial charge >= 0.3 is 0 Å². The van der Waals surface area contributed by atoms with Crippen molar-refractivity contribution in [2.75, 3.05) is 0 Å². The normalized spacial score (nSPS) is 10.5. The predicted molar refractivity (Wildman–Crippen MR) is 87.5 cm³/mol. The summed E-state index contributed by atoms with van der Waals surface area (Å²) >= 11 is 0. The molecule has 0 fully saturated rings. The summed E-state index contributed by atoms with van der Waals surface area (Å²) < 4.78 is 0. The van der Waals surface area contributed by atoms with E-state index >= 15 is 0 Å². The second kappa shape index (κ2) is 7.47. The monoisotopic (exact) mass is 323 g/mol. The molecule has 7 heteroatoms. The molecule has 3 rings (SSSR count). The Hall–Kier alpha value is -3.06. The Balaban J connectivity index is 1.58. The van der Waals surface area contributed by atoms with Gasteiger partial charge in [0.25, 0.3) is 0 Å². The van der Waals surface area contributed by atoms with Crippen molar-refractivity contribution in [1.82, 2.24) is 25.5 Å². The third kappa shape index (κ3) is 3.82. The van der Waals surface area contributed by atoms with Crippen LogP contribution in [0.5, 0.6) is 0 Å². The van der Waals surface area contributed by atoms with Gasteiger partial charge in [0, 0.05) is 12.1 Å². The Bertz CT molecular complexity index is 817.